The van der Waals surface area contributed by atoms with Gasteiger partial charge in [-0.05, 0) is 55.8 Å². The Bertz CT molecular complexity index is 1210. The maximum Gasteiger partial charge on any atom is 0.250 e. The molecule has 9 heteroatoms. The Hall–Kier alpha value is -2.29. The van der Waals surface area contributed by atoms with Crippen LogP contribution in [-0.2, 0) is 19.9 Å². The Morgan fingerprint density at radius 1 is 1.13 bits per heavy atom. The number of benzene rings is 2. The summed E-state index contributed by atoms with van der Waals surface area (Å²) in [5.41, 5.74) is 0.355. The molecule has 6 nitrogen and oxygen atoms in total. The van der Waals surface area contributed by atoms with Gasteiger partial charge in [0.25, 0.3) is 0 Å². The van der Waals surface area contributed by atoms with Gasteiger partial charge >= 0.3 is 0 Å². The molecule has 4 heterocycles. The maximum atomic E-state index is 13.8. The second-order valence-corrected chi connectivity index (χ2v) is 9.75. The van der Waals surface area contributed by atoms with Crippen molar-refractivity contribution in [1.82, 2.24) is 4.90 Å². The molecule has 2 aromatic rings. The highest BCUT2D eigenvalue weighted by Gasteiger charge is 2.74. The van der Waals surface area contributed by atoms with Crippen molar-refractivity contribution in [1.29, 1.82) is 0 Å². The summed E-state index contributed by atoms with van der Waals surface area (Å²) in [5, 5.41) is 2.77. The van der Waals surface area contributed by atoms with Crippen molar-refractivity contribution in [2.45, 2.75) is 24.4 Å². The van der Waals surface area contributed by atoms with Crippen LogP contribution < -0.4 is 10.2 Å². The molecule has 31 heavy (non-hydrogen) atoms. The predicted molar refractivity (Wildman–Crippen MR) is 115 cm³/mol. The van der Waals surface area contributed by atoms with E-state index in [2.05, 4.69) is 26.1 Å². The molecular weight excluding hydrogens is 489 g/mol. The zero-order chi connectivity index (χ0) is 21.7. The third kappa shape index (κ3) is 2.28. The van der Waals surface area contributed by atoms with Crippen LogP contribution >= 0.6 is 27.5 Å². The predicted octanol–water partition coefficient (Wildman–Crippen LogP) is 3.67. The topological polar surface area (TPSA) is 69.7 Å². The lowest BCUT2D eigenvalue weighted by molar-refractivity contribution is -0.135. The van der Waals surface area contributed by atoms with Crippen LogP contribution in [0, 0.1) is 17.7 Å². The summed E-state index contributed by atoms with van der Waals surface area (Å²) in [6, 6.07) is 9.09. The molecule has 3 saturated heterocycles. The Morgan fingerprint density at radius 3 is 2.71 bits per heavy atom. The molecule has 158 valence electrons. The van der Waals surface area contributed by atoms with Crippen LogP contribution in [0.5, 0.6) is 0 Å². The summed E-state index contributed by atoms with van der Waals surface area (Å²) in [6.45, 7) is 0.639. The maximum absolute atomic E-state index is 13.8. The number of nitrogens with zero attached hydrogens (tertiary/aromatic N) is 2. The Morgan fingerprint density at radius 2 is 1.94 bits per heavy atom. The van der Waals surface area contributed by atoms with E-state index in [9.17, 15) is 18.8 Å². The molecule has 4 aliphatic rings. The van der Waals surface area contributed by atoms with Crippen molar-refractivity contribution >= 4 is 56.6 Å². The summed E-state index contributed by atoms with van der Waals surface area (Å²) in [4.78, 5) is 44.0. The molecule has 0 aromatic heterocycles. The van der Waals surface area contributed by atoms with E-state index in [4.69, 9.17) is 11.6 Å². The van der Waals surface area contributed by atoms with Gasteiger partial charge in [0.05, 0.1) is 22.5 Å². The zero-order valence-corrected chi connectivity index (χ0v) is 18.4. The fourth-order valence-corrected chi connectivity index (χ4v) is 6.59. The number of hydrogen-bond donors (Lipinski definition) is 1. The highest BCUT2D eigenvalue weighted by Crippen LogP contribution is 2.60. The molecule has 4 atom stereocenters. The molecule has 0 radical (unpaired) electrons. The molecular formula is C22H16BrClFN3O3. The molecule has 0 aliphatic carbocycles. The van der Waals surface area contributed by atoms with Gasteiger partial charge in [0, 0.05) is 21.8 Å². The van der Waals surface area contributed by atoms with Gasteiger partial charge in [0.2, 0.25) is 17.7 Å². The normalized spacial score (nSPS) is 31.4. The number of imide groups is 1. The Balaban J connectivity index is 1.56. The first-order chi connectivity index (χ1) is 14.9. The number of nitrogens with one attached hydrogen (secondary N) is 1. The van der Waals surface area contributed by atoms with Gasteiger partial charge < -0.3 is 5.32 Å². The molecule has 3 fully saturated rings. The van der Waals surface area contributed by atoms with E-state index in [0.717, 1.165) is 28.3 Å². The molecule has 0 unspecified atom stereocenters. The summed E-state index contributed by atoms with van der Waals surface area (Å²) >= 11 is 9.40. The summed E-state index contributed by atoms with van der Waals surface area (Å²) in [5.74, 6) is -3.21. The molecule has 6 rings (SSSR count). The fourth-order valence-electron chi connectivity index (χ4n) is 6.05. The number of amides is 3. The van der Waals surface area contributed by atoms with E-state index in [1.54, 1.807) is 0 Å². The van der Waals surface area contributed by atoms with Gasteiger partial charge in [-0.3, -0.25) is 19.3 Å². The number of carbonyl (C=O) groups is 3. The second kappa shape index (κ2) is 6.37. The van der Waals surface area contributed by atoms with Crippen LogP contribution in [0.2, 0.25) is 5.02 Å². The third-order valence-electron chi connectivity index (χ3n) is 7.12. The van der Waals surface area contributed by atoms with Crippen molar-refractivity contribution < 1.29 is 18.8 Å². The third-order valence-corrected chi connectivity index (χ3v) is 7.90. The molecule has 4 aliphatic heterocycles. The smallest absolute Gasteiger partial charge is 0.250 e. The minimum absolute atomic E-state index is 0.166. The van der Waals surface area contributed by atoms with Gasteiger partial charge in [-0.2, -0.15) is 0 Å². The number of fused-ring (bicyclic) bond motifs is 7. The van der Waals surface area contributed by atoms with E-state index < -0.39 is 29.1 Å². The molecule has 2 aromatic carbocycles. The lowest BCUT2D eigenvalue weighted by Crippen LogP contribution is -2.54. The number of hydrogen-bond acceptors (Lipinski definition) is 4. The van der Waals surface area contributed by atoms with Crippen LogP contribution in [-0.4, -0.2) is 35.2 Å². The summed E-state index contributed by atoms with van der Waals surface area (Å²) in [6.07, 6.45) is 1.58. The summed E-state index contributed by atoms with van der Waals surface area (Å²) < 4.78 is 14.5. The molecule has 3 amide bonds. The lowest BCUT2D eigenvalue weighted by atomic mass is 9.75. The Labute approximate surface area is 190 Å². The zero-order valence-electron chi connectivity index (χ0n) is 16.1. The van der Waals surface area contributed by atoms with E-state index in [1.807, 2.05) is 18.2 Å². The molecule has 1 spiro atoms. The van der Waals surface area contributed by atoms with Crippen LogP contribution in [0.1, 0.15) is 18.4 Å². The van der Waals surface area contributed by atoms with E-state index in [-0.39, 0.29) is 28.6 Å². The van der Waals surface area contributed by atoms with Crippen LogP contribution in [0.25, 0.3) is 0 Å². The van der Waals surface area contributed by atoms with Crippen LogP contribution in [0.4, 0.5) is 15.8 Å². The number of halogens is 3. The highest BCUT2D eigenvalue weighted by molar-refractivity contribution is 9.10. The molecule has 0 bridgehead atoms. The van der Waals surface area contributed by atoms with Crippen molar-refractivity contribution in [3.8, 4) is 0 Å². The molecule has 1 N–H and O–H groups in total. The number of carbonyl (C=O) groups excluding carboxylic acids is 3. The van der Waals surface area contributed by atoms with Crippen molar-refractivity contribution in [3.63, 3.8) is 0 Å². The molecule has 0 saturated carbocycles. The average Bonchev–Trinajstić information content (AvgIpc) is 3.43. The lowest BCUT2D eigenvalue weighted by Gasteiger charge is -2.36. The quantitative estimate of drug-likeness (QED) is 0.602. The first kappa shape index (κ1) is 19.4. The highest BCUT2D eigenvalue weighted by atomic mass is 79.9. The van der Waals surface area contributed by atoms with E-state index >= 15 is 0 Å². The Kier molecular flexibility index (Phi) is 3.99. The van der Waals surface area contributed by atoms with Gasteiger partial charge in [0.15, 0.2) is 0 Å². The first-order valence-corrected chi connectivity index (χ1v) is 11.2. The SMILES string of the molecule is O=C1[C@H]2[C@H]3CCCN3[C@@]3(C(=O)Nc4ccc(Br)cc43)[C@@H]2C(=O)N1c1ccc(F)c(Cl)c1. The van der Waals surface area contributed by atoms with E-state index in [1.165, 1.54) is 12.1 Å². The van der Waals surface area contributed by atoms with Gasteiger partial charge in [-0.15, -0.1) is 0 Å². The fraction of sp³-hybridized carbons (Fsp3) is 0.318. The van der Waals surface area contributed by atoms with Crippen LogP contribution in [0.3, 0.4) is 0 Å². The monoisotopic (exact) mass is 503 g/mol. The minimum Gasteiger partial charge on any atom is -0.324 e. The van der Waals surface area contributed by atoms with Crippen molar-refractivity contribution in [2.75, 3.05) is 16.8 Å². The number of rotatable bonds is 1. The van der Waals surface area contributed by atoms with Crippen LogP contribution in [0.15, 0.2) is 40.9 Å². The summed E-state index contributed by atoms with van der Waals surface area (Å²) in [7, 11) is 0. The van der Waals surface area contributed by atoms with Crippen molar-refractivity contribution in [3.05, 3.63) is 57.3 Å². The van der Waals surface area contributed by atoms with E-state index in [0.29, 0.717) is 17.8 Å². The van der Waals surface area contributed by atoms with Gasteiger partial charge in [0.1, 0.15) is 11.4 Å². The van der Waals surface area contributed by atoms with Gasteiger partial charge in [-0.1, -0.05) is 27.5 Å². The van der Waals surface area contributed by atoms with Crippen molar-refractivity contribution in [2.24, 2.45) is 11.8 Å². The first-order valence-electron chi connectivity index (χ1n) is 10.1. The average molecular weight is 505 g/mol. The second-order valence-electron chi connectivity index (χ2n) is 8.43. The standard InChI is InChI=1S/C22H16BrClFN3O3/c23-10-3-6-15-12(8-10)22(21(31)26-15)18-17(16-2-1-7-27(16)22)19(29)28(20(18)30)11-4-5-14(25)13(24)9-11/h3-6,8-9,16-18H,1-2,7H2,(H,26,31)/t16-,17+,18+,22-/m1/s1. The number of anilines is 2. The largest absolute Gasteiger partial charge is 0.324 e. The minimum atomic E-state index is -1.24. The van der Waals surface area contributed by atoms with Gasteiger partial charge in [-0.25, -0.2) is 9.29 Å².